The van der Waals surface area contributed by atoms with E-state index in [-0.39, 0.29) is 5.25 Å². The van der Waals surface area contributed by atoms with Crippen LogP contribution in [-0.2, 0) is 11.3 Å². The van der Waals surface area contributed by atoms with E-state index in [4.69, 9.17) is 0 Å². The minimum Gasteiger partial charge on any atom is -0.308 e. The average molecular weight is 338 g/mol. The van der Waals surface area contributed by atoms with Crippen molar-refractivity contribution in [3.05, 3.63) is 24.4 Å². The van der Waals surface area contributed by atoms with Crippen LogP contribution < -0.4 is 0 Å². The van der Waals surface area contributed by atoms with Gasteiger partial charge < -0.3 is 9.69 Å². The highest BCUT2D eigenvalue weighted by molar-refractivity contribution is 8.03. The molecule has 0 N–H and O–H groups in total. The number of pyridine rings is 1. The van der Waals surface area contributed by atoms with E-state index in [9.17, 15) is 4.79 Å². The number of carbonyl (C=O) groups is 1. The highest BCUT2D eigenvalue weighted by Gasteiger charge is 2.14. The van der Waals surface area contributed by atoms with Gasteiger partial charge in [0.15, 0.2) is 0 Å². The normalized spacial score (nSPS) is 12.5. The number of hydrogen-bond acceptors (Lipinski definition) is 8. The Morgan fingerprint density at radius 1 is 1.41 bits per heavy atom. The maximum Gasteiger partial charge on any atom is 0.209 e. The molecule has 7 nitrogen and oxygen atoms in total. The lowest BCUT2D eigenvalue weighted by Gasteiger charge is -2.11. The predicted octanol–water partition coefficient (Wildman–Crippen LogP) is 1.08. The highest BCUT2D eigenvalue weighted by Crippen LogP contribution is 2.25. The summed E-state index contributed by atoms with van der Waals surface area (Å²) in [6.07, 6.45) is 2.67. The molecule has 9 heteroatoms. The van der Waals surface area contributed by atoms with E-state index in [1.54, 1.807) is 10.9 Å². The molecule has 0 spiro atoms. The first-order valence-electron chi connectivity index (χ1n) is 6.75. The lowest BCUT2D eigenvalue weighted by atomic mass is 10.5. The SMILES string of the molecule is CN(C)CCn1nnnc1SCC(C=O)Sc1ccccn1. The molecule has 0 saturated heterocycles. The molecule has 0 saturated carbocycles. The van der Waals surface area contributed by atoms with Gasteiger partial charge in [-0.1, -0.05) is 29.6 Å². The third-order valence-electron chi connectivity index (χ3n) is 2.70. The van der Waals surface area contributed by atoms with Gasteiger partial charge >= 0.3 is 0 Å². The van der Waals surface area contributed by atoms with E-state index < -0.39 is 0 Å². The third kappa shape index (κ3) is 5.39. The lowest BCUT2D eigenvalue weighted by molar-refractivity contribution is -0.107. The van der Waals surface area contributed by atoms with Gasteiger partial charge in [0.1, 0.15) is 6.29 Å². The van der Waals surface area contributed by atoms with Crippen molar-refractivity contribution in [1.82, 2.24) is 30.1 Å². The van der Waals surface area contributed by atoms with Crippen molar-refractivity contribution in [3.8, 4) is 0 Å². The summed E-state index contributed by atoms with van der Waals surface area (Å²) >= 11 is 2.93. The molecule has 2 aromatic rings. The molecule has 0 aliphatic heterocycles. The summed E-state index contributed by atoms with van der Waals surface area (Å²) < 4.78 is 1.76. The summed E-state index contributed by atoms with van der Waals surface area (Å²) in [6.45, 7) is 1.58. The zero-order chi connectivity index (χ0) is 15.8. The van der Waals surface area contributed by atoms with Crippen LogP contribution in [0.3, 0.4) is 0 Å². The third-order valence-corrected chi connectivity index (χ3v) is 5.05. The van der Waals surface area contributed by atoms with Gasteiger partial charge in [-0.05, 0) is 36.7 Å². The Kier molecular flexibility index (Phi) is 6.81. The maximum atomic E-state index is 11.2. The quantitative estimate of drug-likeness (QED) is 0.497. The number of aldehydes is 1. The predicted molar refractivity (Wildman–Crippen MR) is 87.0 cm³/mol. The Labute approximate surface area is 137 Å². The molecule has 0 aliphatic carbocycles. The Bertz CT molecular complexity index is 577. The number of thioether (sulfide) groups is 2. The smallest absolute Gasteiger partial charge is 0.209 e. The molecule has 22 heavy (non-hydrogen) atoms. The summed E-state index contributed by atoms with van der Waals surface area (Å²) in [6, 6.07) is 5.66. The molecule has 2 rings (SSSR count). The van der Waals surface area contributed by atoms with Gasteiger partial charge in [0.05, 0.1) is 16.8 Å². The molecule has 0 bridgehead atoms. The Morgan fingerprint density at radius 3 is 2.95 bits per heavy atom. The molecule has 1 unspecified atom stereocenters. The van der Waals surface area contributed by atoms with Gasteiger partial charge in [-0.3, -0.25) is 0 Å². The molecular weight excluding hydrogens is 320 g/mol. The highest BCUT2D eigenvalue weighted by atomic mass is 32.2. The lowest BCUT2D eigenvalue weighted by Crippen LogP contribution is -2.19. The molecule has 0 amide bonds. The number of rotatable bonds is 9. The zero-order valence-electron chi connectivity index (χ0n) is 12.5. The van der Waals surface area contributed by atoms with Crippen LogP contribution in [0.2, 0.25) is 0 Å². The van der Waals surface area contributed by atoms with Gasteiger partial charge in [-0.2, -0.15) is 0 Å². The first kappa shape index (κ1) is 16.9. The zero-order valence-corrected chi connectivity index (χ0v) is 14.1. The fourth-order valence-electron chi connectivity index (χ4n) is 1.56. The average Bonchev–Trinajstić information content (AvgIpc) is 2.98. The molecule has 118 valence electrons. The second kappa shape index (κ2) is 8.86. The Balaban J connectivity index is 1.88. The first-order valence-corrected chi connectivity index (χ1v) is 8.62. The van der Waals surface area contributed by atoms with Crippen LogP contribution in [0.4, 0.5) is 0 Å². The van der Waals surface area contributed by atoms with E-state index >= 15 is 0 Å². The number of hydrogen-bond donors (Lipinski definition) is 0. The van der Waals surface area contributed by atoms with E-state index in [1.165, 1.54) is 23.5 Å². The van der Waals surface area contributed by atoms with Gasteiger partial charge in [0, 0.05) is 18.5 Å². The first-order chi connectivity index (χ1) is 10.7. The molecule has 0 aliphatic rings. The van der Waals surface area contributed by atoms with Crippen LogP contribution in [0, 0.1) is 0 Å². The fourth-order valence-corrected chi connectivity index (χ4v) is 3.45. The summed E-state index contributed by atoms with van der Waals surface area (Å²) in [4.78, 5) is 17.5. The van der Waals surface area contributed by atoms with E-state index in [1.807, 2.05) is 32.3 Å². The van der Waals surface area contributed by atoms with Crippen molar-refractivity contribution in [3.63, 3.8) is 0 Å². The second-order valence-electron chi connectivity index (χ2n) is 4.76. The van der Waals surface area contributed by atoms with E-state index in [0.717, 1.165) is 29.6 Å². The Morgan fingerprint density at radius 2 is 2.27 bits per heavy atom. The van der Waals surface area contributed by atoms with Crippen LogP contribution in [0.25, 0.3) is 0 Å². The summed E-state index contributed by atoms with van der Waals surface area (Å²) in [5.74, 6) is 0.604. The molecule has 1 atom stereocenters. The summed E-state index contributed by atoms with van der Waals surface area (Å²) in [5, 5.41) is 13.1. The van der Waals surface area contributed by atoms with Gasteiger partial charge in [-0.25, -0.2) is 9.67 Å². The van der Waals surface area contributed by atoms with Crippen LogP contribution in [0.15, 0.2) is 34.6 Å². The van der Waals surface area contributed by atoms with Crippen LogP contribution >= 0.6 is 23.5 Å². The summed E-state index contributed by atoms with van der Waals surface area (Å²) in [7, 11) is 4.01. The van der Waals surface area contributed by atoms with Crippen molar-refractivity contribution in [2.45, 2.75) is 22.0 Å². The van der Waals surface area contributed by atoms with Crippen molar-refractivity contribution < 1.29 is 4.79 Å². The molecule has 2 heterocycles. The van der Waals surface area contributed by atoms with Crippen molar-refractivity contribution in [2.24, 2.45) is 0 Å². The largest absolute Gasteiger partial charge is 0.308 e. The number of carbonyl (C=O) groups excluding carboxylic acids is 1. The number of likely N-dealkylation sites (N-methyl/N-ethyl adjacent to an activating group) is 1. The van der Waals surface area contributed by atoms with Gasteiger partial charge in [0.25, 0.3) is 0 Å². The Hall–Kier alpha value is -1.45. The van der Waals surface area contributed by atoms with Crippen molar-refractivity contribution >= 4 is 29.8 Å². The summed E-state index contributed by atoms with van der Waals surface area (Å²) in [5.41, 5.74) is 0. The van der Waals surface area contributed by atoms with Gasteiger partial charge in [-0.15, -0.1) is 5.10 Å². The van der Waals surface area contributed by atoms with E-state index in [2.05, 4.69) is 25.4 Å². The molecular formula is C13H18N6OS2. The monoisotopic (exact) mass is 338 g/mol. The maximum absolute atomic E-state index is 11.2. The molecule has 2 aromatic heterocycles. The van der Waals surface area contributed by atoms with Crippen LogP contribution in [-0.4, -0.2) is 68.0 Å². The number of aromatic nitrogens is 5. The number of nitrogens with zero attached hydrogens (tertiary/aromatic N) is 6. The molecule has 0 radical (unpaired) electrons. The number of tetrazole rings is 1. The second-order valence-corrected chi connectivity index (χ2v) is 7.01. The van der Waals surface area contributed by atoms with Crippen LogP contribution in [0.5, 0.6) is 0 Å². The van der Waals surface area contributed by atoms with Crippen molar-refractivity contribution in [2.75, 3.05) is 26.4 Å². The molecule has 0 aromatic carbocycles. The fraction of sp³-hybridized carbons (Fsp3) is 0.462. The minimum atomic E-state index is -0.182. The standard InChI is InChI=1S/C13H18N6OS2/c1-18(2)7-8-19-13(15-16-17-19)21-10-11(9-20)22-12-5-3-4-6-14-12/h3-6,9,11H,7-8,10H2,1-2H3. The topological polar surface area (TPSA) is 76.8 Å². The minimum absolute atomic E-state index is 0.182. The molecule has 0 fully saturated rings. The van der Waals surface area contributed by atoms with Crippen molar-refractivity contribution in [1.29, 1.82) is 0 Å². The van der Waals surface area contributed by atoms with Gasteiger partial charge in [0.2, 0.25) is 5.16 Å². The van der Waals surface area contributed by atoms with E-state index in [0.29, 0.717) is 5.75 Å². The van der Waals surface area contributed by atoms with Crippen LogP contribution in [0.1, 0.15) is 0 Å².